The molecule has 2 aromatic carbocycles. The van der Waals surface area contributed by atoms with Gasteiger partial charge < -0.3 is 14.5 Å². The number of nitrogens with one attached hydrogen (secondary N) is 1. The van der Waals surface area contributed by atoms with Crippen molar-refractivity contribution in [2.75, 3.05) is 13.2 Å². The third-order valence-electron chi connectivity index (χ3n) is 4.58. The molecule has 3 rings (SSSR count). The molecule has 0 radical (unpaired) electrons. The van der Waals surface area contributed by atoms with Crippen molar-refractivity contribution in [3.63, 3.8) is 0 Å². The Kier molecular flexibility index (Phi) is 6.52. The van der Waals surface area contributed by atoms with Crippen molar-refractivity contribution in [3.8, 4) is 0 Å². The van der Waals surface area contributed by atoms with Crippen LogP contribution in [0, 0.1) is 5.92 Å². The van der Waals surface area contributed by atoms with Crippen LogP contribution in [0.2, 0.25) is 0 Å². The Morgan fingerprint density at radius 2 is 1.68 bits per heavy atom. The molecule has 0 spiro atoms. The molecule has 3 aromatic rings. The minimum absolute atomic E-state index is 0.188. The van der Waals surface area contributed by atoms with E-state index in [0.29, 0.717) is 0 Å². The number of esters is 2. The van der Waals surface area contributed by atoms with E-state index in [-0.39, 0.29) is 13.2 Å². The van der Waals surface area contributed by atoms with Crippen LogP contribution in [-0.2, 0) is 19.1 Å². The quantitative estimate of drug-likeness (QED) is 0.420. The lowest BCUT2D eigenvalue weighted by molar-refractivity contribution is -0.162. The predicted molar refractivity (Wildman–Crippen MR) is 111 cm³/mol. The molecule has 0 aliphatic rings. The zero-order valence-corrected chi connectivity index (χ0v) is 17.4. The number of aromatic nitrogens is 1. The summed E-state index contributed by atoms with van der Waals surface area (Å²) >= 11 is 3.49. The summed E-state index contributed by atoms with van der Waals surface area (Å²) in [5.74, 6) is -2.83. The molecule has 1 aromatic heterocycles. The van der Waals surface area contributed by atoms with Crippen LogP contribution >= 0.6 is 15.9 Å². The van der Waals surface area contributed by atoms with Gasteiger partial charge in [0.25, 0.3) is 0 Å². The zero-order chi connectivity index (χ0) is 20.1. The zero-order valence-electron chi connectivity index (χ0n) is 15.8. The molecule has 1 heterocycles. The number of aromatic amines is 1. The summed E-state index contributed by atoms with van der Waals surface area (Å²) in [5, 5.41) is 0.950. The molecule has 6 heteroatoms. The Bertz CT molecular complexity index is 963. The van der Waals surface area contributed by atoms with Crippen LogP contribution in [0.4, 0.5) is 0 Å². The molecule has 0 aliphatic carbocycles. The molecule has 0 saturated carbocycles. The number of halogens is 1. The van der Waals surface area contributed by atoms with E-state index in [1.54, 1.807) is 13.8 Å². The first-order valence-electron chi connectivity index (χ1n) is 9.21. The number of para-hydroxylation sites is 1. The molecule has 0 fully saturated rings. The maximum Gasteiger partial charge on any atom is 0.321 e. The summed E-state index contributed by atoms with van der Waals surface area (Å²) < 4.78 is 11.4. The van der Waals surface area contributed by atoms with Gasteiger partial charge in [0.15, 0.2) is 5.92 Å². The Labute approximate surface area is 172 Å². The maximum absolute atomic E-state index is 12.8. The largest absolute Gasteiger partial charge is 0.465 e. The lowest BCUT2D eigenvalue weighted by atomic mass is 9.80. The number of carbonyl (C=O) groups is 2. The molecule has 0 aliphatic heterocycles. The SMILES string of the molecule is CCOC(=O)C(C(=O)OCC)C(c1cccc(Br)c1)c1c[nH]c2ccccc12. The summed E-state index contributed by atoms with van der Waals surface area (Å²) in [6, 6.07) is 15.4. The summed E-state index contributed by atoms with van der Waals surface area (Å²) in [4.78, 5) is 28.9. The van der Waals surface area contributed by atoms with Crippen LogP contribution in [0.1, 0.15) is 30.9 Å². The average Bonchev–Trinajstić information content (AvgIpc) is 3.10. The minimum atomic E-state index is -1.10. The molecule has 0 bridgehead atoms. The number of benzene rings is 2. The third-order valence-corrected chi connectivity index (χ3v) is 5.07. The van der Waals surface area contributed by atoms with Gasteiger partial charge in [0.2, 0.25) is 0 Å². The van der Waals surface area contributed by atoms with Crippen molar-refractivity contribution >= 4 is 38.8 Å². The van der Waals surface area contributed by atoms with Crippen LogP contribution < -0.4 is 0 Å². The Hall–Kier alpha value is -2.60. The van der Waals surface area contributed by atoms with E-state index in [0.717, 1.165) is 26.5 Å². The fourth-order valence-electron chi connectivity index (χ4n) is 3.44. The van der Waals surface area contributed by atoms with Crippen LogP contribution in [-0.4, -0.2) is 30.1 Å². The first kappa shape index (κ1) is 20.1. The number of carbonyl (C=O) groups excluding carboxylic acids is 2. The molecule has 1 N–H and O–H groups in total. The molecular weight excluding hydrogens is 422 g/mol. The van der Waals surface area contributed by atoms with E-state index >= 15 is 0 Å². The van der Waals surface area contributed by atoms with Gasteiger partial charge in [-0.15, -0.1) is 0 Å². The minimum Gasteiger partial charge on any atom is -0.465 e. The first-order valence-corrected chi connectivity index (χ1v) is 10.0. The smallest absolute Gasteiger partial charge is 0.321 e. The number of hydrogen-bond donors (Lipinski definition) is 1. The summed E-state index contributed by atoms with van der Waals surface area (Å²) in [5.41, 5.74) is 2.61. The van der Waals surface area contributed by atoms with E-state index in [4.69, 9.17) is 9.47 Å². The number of H-pyrrole nitrogens is 1. The molecular formula is C22H22BrNO4. The standard InChI is InChI=1S/C22H22BrNO4/c1-3-27-21(25)20(22(26)28-4-2)19(14-8-7-9-15(23)12-14)17-13-24-18-11-6-5-10-16(17)18/h5-13,19-20,24H,3-4H2,1-2H3. The Balaban J connectivity index is 2.21. The van der Waals surface area contributed by atoms with E-state index in [9.17, 15) is 9.59 Å². The van der Waals surface area contributed by atoms with Crippen molar-refractivity contribution in [1.29, 1.82) is 0 Å². The van der Waals surface area contributed by atoms with Crippen molar-refractivity contribution in [1.82, 2.24) is 4.98 Å². The number of fused-ring (bicyclic) bond motifs is 1. The van der Waals surface area contributed by atoms with Gasteiger partial charge in [-0.1, -0.05) is 46.3 Å². The third kappa shape index (κ3) is 4.12. The van der Waals surface area contributed by atoms with Gasteiger partial charge in [-0.2, -0.15) is 0 Å². The van der Waals surface area contributed by atoms with Gasteiger partial charge in [-0.05, 0) is 43.2 Å². The molecule has 0 saturated heterocycles. The van der Waals surface area contributed by atoms with Gasteiger partial charge in [0.1, 0.15) is 0 Å². The molecule has 28 heavy (non-hydrogen) atoms. The Morgan fingerprint density at radius 3 is 2.32 bits per heavy atom. The number of ether oxygens (including phenoxy) is 2. The van der Waals surface area contributed by atoms with Crippen molar-refractivity contribution in [2.45, 2.75) is 19.8 Å². The predicted octanol–water partition coefficient (Wildman–Crippen LogP) is 4.80. The van der Waals surface area contributed by atoms with E-state index < -0.39 is 23.8 Å². The molecule has 1 unspecified atom stereocenters. The highest BCUT2D eigenvalue weighted by Crippen LogP contribution is 2.38. The molecule has 146 valence electrons. The summed E-state index contributed by atoms with van der Waals surface area (Å²) in [6.45, 7) is 3.82. The molecule has 0 amide bonds. The van der Waals surface area contributed by atoms with E-state index in [1.807, 2.05) is 54.7 Å². The van der Waals surface area contributed by atoms with Gasteiger partial charge >= 0.3 is 11.9 Å². The Morgan fingerprint density at radius 1 is 1.00 bits per heavy atom. The highest BCUT2D eigenvalue weighted by atomic mass is 79.9. The van der Waals surface area contributed by atoms with Gasteiger partial charge in [-0.3, -0.25) is 9.59 Å². The van der Waals surface area contributed by atoms with Crippen LogP contribution in [0.25, 0.3) is 10.9 Å². The summed E-state index contributed by atoms with van der Waals surface area (Å²) in [6.07, 6.45) is 1.85. The second kappa shape index (κ2) is 9.06. The van der Waals surface area contributed by atoms with Crippen molar-refractivity contribution in [2.24, 2.45) is 5.92 Å². The van der Waals surface area contributed by atoms with Gasteiger partial charge in [-0.25, -0.2) is 0 Å². The molecule has 1 atom stereocenters. The van der Waals surface area contributed by atoms with Crippen molar-refractivity contribution in [3.05, 3.63) is 70.3 Å². The highest BCUT2D eigenvalue weighted by molar-refractivity contribution is 9.10. The van der Waals surface area contributed by atoms with Crippen LogP contribution in [0.15, 0.2) is 59.2 Å². The van der Waals surface area contributed by atoms with E-state index in [2.05, 4.69) is 20.9 Å². The van der Waals surface area contributed by atoms with Crippen LogP contribution in [0.5, 0.6) is 0 Å². The number of rotatable bonds is 7. The van der Waals surface area contributed by atoms with Gasteiger partial charge in [0, 0.05) is 27.5 Å². The summed E-state index contributed by atoms with van der Waals surface area (Å²) in [7, 11) is 0. The second-order valence-electron chi connectivity index (χ2n) is 6.30. The lowest BCUT2D eigenvalue weighted by Gasteiger charge is -2.25. The fraction of sp³-hybridized carbons (Fsp3) is 0.273. The molecule has 5 nitrogen and oxygen atoms in total. The highest BCUT2D eigenvalue weighted by Gasteiger charge is 2.40. The lowest BCUT2D eigenvalue weighted by Crippen LogP contribution is -2.34. The van der Waals surface area contributed by atoms with Crippen LogP contribution in [0.3, 0.4) is 0 Å². The topological polar surface area (TPSA) is 68.4 Å². The fourth-order valence-corrected chi connectivity index (χ4v) is 3.85. The maximum atomic E-state index is 12.8. The van der Waals surface area contributed by atoms with Crippen molar-refractivity contribution < 1.29 is 19.1 Å². The van der Waals surface area contributed by atoms with Gasteiger partial charge in [0.05, 0.1) is 13.2 Å². The average molecular weight is 444 g/mol. The monoisotopic (exact) mass is 443 g/mol. The normalized spacial score (nSPS) is 12.1. The second-order valence-corrected chi connectivity index (χ2v) is 7.22. The number of hydrogen-bond acceptors (Lipinski definition) is 4. The van der Waals surface area contributed by atoms with E-state index in [1.165, 1.54) is 0 Å². The first-order chi connectivity index (χ1) is 13.6.